The molecule has 2 heterocycles. The number of rotatable bonds is 6. The van der Waals surface area contributed by atoms with Gasteiger partial charge in [0, 0.05) is 11.6 Å². The van der Waals surface area contributed by atoms with Crippen LogP contribution < -0.4 is 4.74 Å². The number of benzene rings is 1. The van der Waals surface area contributed by atoms with Crippen molar-refractivity contribution >= 4 is 31.7 Å². The number of sulfone groups is 1. The molecular formula is C18H20BrNO5S. The van der Waals surface area contributed by atoms with Gasteiger partial charge in [0.15, 0.2) is 14.5 Å². The van der Waals surface area contributed by atoms with Crippen LogP contribution >= 0.6 is 15.9 Å². The molecule has 0 radical (unpaired) electrons. The molecule has 1 unspecified atom stereocenters. The fraction of sp³-hybridized carbons (Fsp3) is 0.389. The van der Waals surface area contributed by atoms with E-state index in [1.54, 1.807) is 41.3 Å². The second-order valence-corrected chi connectivity index (χ2v) is 9.17. The maximum absolute atomic E-state index is 13.1. The van der Waals surface area contributed by atoms with Crippen molar-refractivity contribution in [1.29, 1.82) is 0 Å². The van der Waals surface area contributed by atoms with E-state index in [9.17, 15) is 13.2 Å². The molecule has 1 aliphatic rings. The lowest BCUT2D eigenvalue weighted by Crippen LogP contribution is -2.40. The van der Waals surface area contributed by atoms with Gasteiger partial charge in [0.2, 0.25) is 0 Å². The maximum atomic E-state index is 13.1. The molecule has 1 aromatic heterocycles. The number of carbonyl (C=O) groups excluding carboxylic acids is 1. The number of nitrogens with zero attached hydrogens (tertiary/aromatic N) is 1. The van der Waals surface area contributed by atoms with Crippen LogP contribution in [0.3, 0.4) is 0 Å². The highest BCUT2D eigenvalue weighted by atomic mass is 79.9. The Morgan fingerprint density at radius 3 is 2.77 bits per heavy atom. The van der Waals surface area contributed by atoms with Gasteiger partial charge in [-0.3, -0.25) is 4.79 Å². The molecule has 8 heteroatoms. The van der Waals surface area contributed by atoms with Gasteiger partial charge in [-0.25, -0.2) is 8.42 Å². The maximum Gasteiger partial charge on any atom is 0.254 e. The third kappa shape index (κ3) is 4.48. The van der Waals surface area contributed by atoms with Gasteiger partial charge in [0.1, 0.15) is 11.5 Å². The number of furan rings is 1. The summed E-state index contributed by atoms with van der Waals surface area (Å²) < 4.78 is 35.4. The van der Waals surface area contributed by atoms with Crippen LogP contribution in [0, 0.1) is 0 Å². The molecule has 0 N–H and O–H groups in total. The van der Waals surface area contributed by atoms with Crippen molar-refractivity contribution in [2.24, 2.45) is 0 Å². The molecule has 0 spiro atoms. The number of carbonyl (C=O) groups is 1. The summed E-state index contributed by atoms with van der Waals surface area (Å²) in [4.78, 5) is 14.7. The Balaban J connectivity index is 1.89. The third-order valence-corrected chi connectivity index (χ3v) is 6.43. The summed E-state index contributed by atoms with van der Waals surface area (Å²) in [5, 5.41) is 0. The fourth-order valence-electron chi connectivity index (χ4n) is 3.04. The Morgan fingerprint density at radius 2 is 2.15 bits per heavy atom. The summed E-state index contributed by atoms with van der Waals surface area (Å²) in [6.45, 7) is 2.59. The van der Waals surface area contributed by atoms with E-state index in [4.69, 9.17) is 9.15 Å². The highest BCUT2D eigenvalue weighted by Crippen LogP contribution is 2.25. The molecule has 1 amide bonds. The van der Waals surface area contributed by atoms with Gasteiger partial charge in [-0.15, -0.1) is 0 Å². The lowest BCUT2D eigenvalue weighted by Gasteiger charge is -2.27. The molecule has 6 nitrogen and oxygen atoms in total. The first-order valence-corrected chi connectivity index (χ1v) is 11.0. The van der Waals surface area contributed by atoms with Crippen LogP contribution in [-0.2, 0) is 16.4 Å². The van der Waals surface area contributed by atoms with E-state index in [-0.39, 0.29) is 30.0 Å². The van der Waals surface area contributed by atoms with Gasteiger partial charge in [-0.1, -0.05) is 6.07 Å². The lowest BCUT2D eigenvalue weighted by molar-refractivity contribution is 0.0665. The van der Waals surface area contributed by atoms with Gasteiger partial charge in [-0.05, 0) is 59.6 Å². The Bertz CT molecular complexity index is 892. The third-order valence-electron chi connectivity index (χ3n) is 4.26. The van der Waals surface area contributed by atoms with Crippen LogP contribution in [0.2, 0.25) is 0 Å². The standard InChI is InChI=1S/C18H20BrNO5S/c1-2-24-15-5-3-4-13(10-15)18(21)20(11-16-6-7-17(19)25-16)14-8-9-26(22,23)12-14/h3-7,10,14H,2,8-9,11-12H2,1H3. The van der Waals surface area contributed by atoms with E-state index in [1.165, 1.54) is 0 Å². The first kappa shape index (κ1) is 19.0. The van der Waals surface area contributed by atoms with Crippen LogP contribution in [0.4, 0.5) is 0 Å². The highest BCUT2D eigenvalue weighted by molar-refractivity contribution is 9.10. The number of ether oxygens (including phenoxy) is 1. The largest absolute Gasteiger partial charge is 0.494 e. The van der Waals surface area contributed by atoms with E-state index in [0.717, 1.165) is 0 Å². The summed E-state index contributed by atoms with van der Waals surface area (Å²) >= 11 is 3.25. The molecule has 0 aliphatic carbocycles. The molecule has 1 aliphatic heterocycles. The minimum Gasteiger partial charge on any atom is -0.494 e. The van der Waals surface area contributed by atoms with Crippen LogP contribution in [0.1, 0.15) is 29.5 Å². The molecule has 0 bridgehead atoms. The van der Waals surface area contributed by atoms with Gasteiger partial charge in [0.05, 0.1) is 24.7 Å². The minimum atomic E-state index is -3.12. The SMILES string of the molecule is CCOc1cccc(C(=O)N(Cc2ccc(Br)o2)C2CCS(=O)(=O)C2)c1. The minimum absolute atomic E-state index is 0.0221. The van der Waals surface area contributed by atoms with Gasteiger partial charge < -0.3 is 14.1 Å². The van der Waals surface area contributed by atoms with Gasteiger partial charge >= 0.3 is 0 Å². The molecule has 3 rings (SSSR count). The number of hydrogen-bond acceptors (Lipinski definition) is 5. The predicted molar refractivity (Wildman–Crippen MR) is 101 cm³/mol. The zero-order chi connectivity index (χ0) is 18.7. The van der Waals surface area contributed by atoms with Crippen LogP contribution in [-0.4, -0.2) is 43.4 Å². The molecule has 1 saturated heterocycles. The summed E-state index contributed by atoms with van der Waals surface area (Å²) in [6, 6.07) is 10.1. The normalized spacial score (nSPS) is 18.6. The molecule has 2 aromatic rings. The van der Waals surface area contributed by atoms with Crippen molar-refractivity contribution < 1.29 is 22.4 Å². The second kappa shape index (κ2) is 7.84. The number of amides is 1. The Labute approximate surface area is 161 Å². The Kier molecular flexibility index (Phi) is 5.72. The van der Waals surface area contributed by atoms with Crippen molar-refractivity contribution in [3.05, 3.63) is 52.4 Å². The predicted octanol–water partition coefficient (Wildman–Crippen LogP) is 3.27. The van der Waals surface area contributed by atoms with Crippen LogP contribution in [0.5, 0.6) is 5.75 Å². The highest BCUT2D eigenvalue weighted by Gasteiger charge is 2.35. The van der Waals surface area contributed by atoms with E-state index in [0.29, 0.717) is 34.8 Å². The average Bonchev–Trinajstić information content (AvgIpc) is 3.17. The fourth-order valence-corrected chi connectivity index (χ4v) is 5.11. The molecule has 140 valence electrons. The zero-order valence-electron chi connectivity index (χ0n) is 14.4. The quantitative estimate of drug-likeness (QED) is 0.687. The van der Waals surface area contributed by atoms with Gasteiger partial charge in [-0.2, -0.15) is 0 Å². The smallest absolute Gasteiger partial charge is 0.254 e. The van der Waals surface area contributed by atoms with Crippen molar-refractivity contribution in [3.8, 4) is 5.75 Å². The van der Waals surface area contributed by atoms with E-state index in [2.05, 4.69) is 15.9 Å². The molecule has 1 aromatic carbocycles. The average molecular weight is 442 g/mol. The van der Waals surface area contributed by atoms with E-state index in [1.807, 2.05) is 6.92 Å². The van der Waals surface area contributed by atoms with Crippen molar-refractivity contribution in [2.75, 3.05) is 18.1 Å². The molecular weight excluding hydrogens is 422 g/mol. The second-order valence-electron chi connectivity index (χ2n) is 6.16. The topological polar surface area (TPSA) is 76.8 Å². The summed E-state index contributed by atoms with van der Waals surface area (Å²) in [5.74, 6) is 1.04. The molecule has 0 saturated carbocycles. The van der Waals surface area contributed by atoms with E-state index >= 15 is 0 Å². The van der Waals surface area contributed by atoms with Crippen LogP contribution in [0.15, 0.2) is 45.5 Å². The van der Waals surface area contributed by atoms with Crippen molar-refractivity contribution in [1.82, 2.24) is 4.90 Å². The molecule has 1 atom stereocenters. The van der Waals surface area contributed by atoms with E-state index < -0.39 is 9.84 Å². The number of halogens is 1. The molecule has 26 heavy (non-hydrogen) atoms. The zero-order valence-corrected chi connectivity index (χ0v) is 16.8. The monoisotopic (exact) mass is 441 g/mol. The number of hydrogen-bond donors (Lipinski definition) is 0. The Hall–Kier alpha value is -1.80. The lowest BCUT2D eigenvalue weighted by atomic mass is 10.1. The summed E-state index contributed by atoms with van der Waals surface area (Å²) in [5.41, 5.74) is 0.464. The van der Waals surface area contributed by atoms with Crippen molar-refractivity contribution in [3.63, 3.8) is 0 Å². The van der Waals surface area contributed by atoms with Crippen molar-refractivity contribution in [2.45, 2.75) is 25.9 Å². The van der Waals surface area contributed by atoms with Gasteiger partial charge in [0.25, 0.3) is 5.91 Å². The molecule has 1 fully saturated rings. The summed E-state index contributed by atoms with van der Waals surface area (Å²) in [6.07, 6.45) is 0.432. The summed E-state index contributed by atoms with van der Waals surface area (Å²) in [7, 11) is -3.12. The Morgan fingerprint density at radius 1 is 1.35 bits per heavy atom. The first-order chi connectivity index (χ1) is 12.4. The first-order valence-electron chi connectivity index (χ1n) is 8.36. The van der Waals surface area contributed by atoms with Crippen LogP contribution in [0.25, 0.3) is 0 Å².